The highest BCUT2D eigenvalue weighted by Crippen LogP contribution is 2.20. The number of aromatic nitrogens is 2. The molecule has 1 saturated heterocycles. The molecular formula is C15H26N4O. The molecule has 2 rings (SSSR count). The molecule has 1 aromatic heterocycles. The molecular weight excluding hydrogens is 252 g/mol. The summed E-state index contributed by atoms with van der Waals surface area (Å²) in [6, 6.07) is 0.531. The molecule has 1 aromatic rings. The Bertz CT molecular complexity index is 468. The van der Waals surface area contributed by atoms with Gasteiger partial charge < -0.3 is 10.2 Å². The fourth-order valence-corrected chi connectivity index (χ4v) is 3.04. The number of piperidine rings is 1. The zero-order valence-corrected chi connectivity index (χ0v) is 13.0. The number of hydrogen-bond donors (Lipinski definition) is 1. The van der Waals surface area contributed by atoms with Crippen LogP contribution in [0.25, 0.3) is 0 Å². The Labute approximate surface area is 121 Å². The van der Waals surface area contributed by atoms with E-state index in [2.05, 4.69) is 24.3 Å². The fourth-order valence-electron chi connectivity index (χ4n) is 3.04. The second-order valence-electron chi connectivity index (χ2n) is 5.70. The van der Waals surface area contributed by atoms with E-state index in [9.17, 15) is 4.79 Å². The van der Waals surface area contributed by atoms with Crippen LogP contribution in [0.2, 0.25) is 0 Å². The molecule has 0 radical (unpaired) electrons. The Hall–Kier alpha value is -1.36. The standard InChI is InChI=1S/C15H26N4O/c1-5-13-12(10-18(4)17-13)15(20)19-8-7-14(16-6-2)11(3)9-19/h10-11,14,16H,5-9H2,1-4H3. The Balaban J connectivity index is 2.07. The second-order valence-corrected chi connectivity index (χ2v) is 5.70. The first kappa shape index (κ1) is 15.0. The van der Waals surface area contributed by atoms with Gasteiger partial charge in [0, 0.05) is 32.4 Å². The van der Waals surface area contributed by atoms with Gasteiger partial charge in [0.2, 0.25) is 0 Å². The van der Waals surface area contributed by atoms with E-state index in [4.69, 9.17) is 0 Å². The van der Waals surface area contributed by atoms with E-state index in [1.165, 1.54) is 0 Å². The summed E-state index contributed by atoms with van der Waals surface area (Å²) in [5, 5.41) is 7.87. The Morgan fingerprint density at radius 2 is 2.25 bits per heavy atom. The van der Waals surface area contributed by atoms with Crippen molar-refractivity contribution in [1.29, 1.82) is 0 Å². The van der Waals surface area contributed by atoms with Crippen LogP contribution in [-0.2, 0) is 13.5 Å². The highest BCUT2D eigenvalue weighted by molar-refractivity contribution is 5.95. The predicted octanol–water partition coefficient (Wildman–Crippen LogP) is 1.44. The second kappa shape index (κ2) is 6.39. The lowest BCUT2D eigenvalue weighted by Crippen LogP contribution is -2.50. The zero-order chi connectivity index (χ0) is 14.7. The van der Waals surface area contributed by atoms with Crippen LogP contribution in [0.5, 0.6) is 0 Å². The molecule has 1 fully saturated rings. The largest absolute Gasteiger partial charge is 0.338 e. The third-order valence-corrected chi connectivity index (χ3v) is 4.13. The van der Waals surface area contributed by atoms with Gasteiger partial charge in [-0.3, -0.25) is 9.48 Å². The van der Waals surface area contributed by atoms with E-state index in [0.717, 1.165) is 43.7 Å². The minimum atomic E-state index is 0.136. The van der Waals surface area contributed by atoms with Gasteiger partial charge in [-0.05, 0) is 25.3 Å². The molecule has 112 valence electrons. The SMILES string of the molecule is CCNC1CCN(C(=O)c2cn(C)nc2CC)CC1C. The number of carbonyl (C=O) groups is 1. The maximum atomic E-state index is 12.7. The van der Waals surface area contributed by atoms with Gasteiger partial charge in [0.15, 0.2) is 0 Å². The van der Waals surface area contributed by atoms with Gasteiger partial charge in [-0.25, -0.2) is 0 Å². The lowest BCUT2D eigenvalue weighted by atomic mass is 9.93. The van der Waals surface area contributed by atoms with E-state index in [0.29, 0.717) is 12.0 Å². The monoisotopic (exact) mass is 278 g/mol. The van der Waals surface area contributed by atoms with Gasteiger partial charge in [0.1, 0.15) is 0 Å². The molecule has 0 spiro atoms. The molecule has 0 aromatic carbocycles. The molecule has 1 N–H and O–H groups in total. The zero-order valence-electron chi connectivity index (χ0n) is 13.0. The molecule has 2 atom stereocenters. The summed E-state index contributed by atoms with van der Waals surface area (Å²) in [7, 11) is 1.87. The van der Waals surface area contributed by atoms with E-state index >= 15 is 0 Å². The normalized spacial score (nSPS) is 23.1. The van der Waals surface area contributed by atoms with Crippen LogP contribution in [0.15, 0.2) is 6.20 Å². The number of amides is 1. The number of likely N-dealkylation sites (tertiary alicyclic amines) is 1. The van der Waals surface area contributed by atoms with E-state index in [1.807, 2.05) is 25.1 Å². The van der Waals surface area contributed by atoms with Crippen molar-refractivity contribution in [2.45, 2.75) is 39.7 Å². The summed E-state index contributed by atoms with van der Waals surface area (Å²) in [5.74, 6) is 0.631. The van der Waals surface area contributed by atoms with Crippen LogP contribution >= 0.6 is 0 Å². The Kier molecular flexibility index (Phi) is 4.81. The van der Waals surface area contributed by atoms with Crippen LogP contribution in [0.3, 0.4) is 0 Å². The van der Waals surface area contributed by atoms with Crippen LogP contribution in [0.4, 0.5) is 0 Å². The van der Waals surface area contributed by atoms with Crippen molar-refractivity contribution in [1.82, 2.24) is 20.0 Å². The van der Waals surface area contributed by atoms with E-state index < -0.39 is 0 Å². The maximum absolute atomic E-state index is 12.7. The smallest absolute Gasteiger partial charge is 0.257 e. The van der Waals surface area contributed by atoms with Gasteiger partial charge in [-0.15, -0.1) is 0 Å². The number of nitrogens with zero attached hydrogens (tertiary/aromatic N) is 3. The van der Waals surface area contributed by atoms with Crippen LogP contribution in [-0.4, -0.2) is 46.3 Å². The molecule has 2 heterocycles. The third-order valence-electron chi connectivity index (χ3n) is 4.13. The van der Waals surface area contributed by atoms with Gasteiger partial charge >= 0.3 is 0 Å². The number of carbonyl (C=O) groups excluding carboxylic acids is 1. The highest BCUT2D eigenvalue weighted by atomic mass is 16.2. The van der Waals surface area contributed by atoms with Crippen molar-refractivity contribution in [2.75, 3.05) is 19.6 Å². The summed E-state index contributed by atoms with van der Waals surface area (Å²) in [4.78, 5) is 14.6. The van der Waals surface area contributed by atoms with Crippen molar-refractivity contribution in [2.24, 2.45) is 13.0 Å². The van der Waals surface area contributed by atoms with Crippen molar-refractivity contribution in [3.05, 3.63) is 17.5 Å². The molecule has 0 bridgehead atoms. The third kappa shape index (κ3) is 3.03. The maximum Gasteiger partial charge on any atom is 0.257 e. The Morgan fingerprint density at radius 3 is 2.85 bits per heavy atom. The van der Waals surface area contributed by atoms with E-state index in [-0.39, 0.29) is 5.91 Å². The summed E-state index contributed by atoms with van der Waals surface area (Å²) >= 11 is 0. The quantitative estimate of drug-likeness (QED) is 0.907. The predicted molar refractivity (Wildman–Crippen MR) is 79.7 cm³/mol. The van der Waals surface area contributed by atoms with Crippen LogP contribution in [0.1, 0.15) is 43.2 Å². The molecule has 1 aliphatic rings. The molecule has 5 heteroatoms. The molecule has 20 heavy (non-hydrogen) atoms. The molecule has 0 saturated carbocycles. The van der Waals surface area contributed by atoms with Crippen molar-refractivity contribution >= 4 is 5.91 Å². The van der Waals surface area contributed by atoms with Gasteiger partial charge in [-0.2, -0.15) is 5.10 Å². The number of nitrogens with one attached hydrogen (secondary N) is 1. The topological polar surface area (TPSA) is 50.2 Å². The highest BCUT2D eigenvalue weighted by Gasteiger charge is 2.29. The summed E-state index contributed by atoms with van der Waals surface area (Å²) < 4.78 is 1.74. The first-order chi connectivity index (χ1) is 9.56. The molecule has 0 aliphatic carbocycles. The summed E-state index contributed by atoms with van der Waals surface area (Å²) in [5.41, 5.74) is 1.67. The average Bonchev–Trinajstić information content (AvgIpc) is 2.81. The van der Waals surface area contributed by atoms with Crippen molar-refractivity contribution in [3.8, 4) is 0 Å². The van der Waals surface area contributed by atoms with E-state index in [1.54, 1.807) is 4.68 Å². The van der Waals surface area contributed by atoms with Gasteiger partial charge in [-0.1, -0.05) is 20.8 Å². The molecule has 1 amide bonds. The number of aryl methyl sites for hydroxylation is 2. The molecule has 1 aliphatic heterocycles. The first-order valence-corrected chi connectivity index (χ1v) is 7.62. The minimum absolute atomic E-state index is 0.136. The molecule has 5 nitrogen and oxygen atoms in total. The number of hydrogen-bond acceptors (Lipinski definition) is 3. The molecule has 2 unspecified atom stereocenters. The van der Waals surface area contributed by atoms with Crippen molar-refractivity contribution in [3.63, 3.8) is 0 Å². The lowest BCUT2D eigenvalue weighted by Gasteiger charge is -2.37. The van der Waals surface area contributed by atoms with Gasteiger partial charge in [0.25, 0.3) is 5.91 Å². The summed E-state index contributed by atoms with van der Waals surface area (Å²) in [6.07, 6.45) is 3.68. The minimum Gasteiger partial charge on any atom is -0.338 e. The Morgan fingerprint density at radius 1 is 1.50 bits per heavy atom. The van der Waals surface area contributed by atoms with Crippen LogP contribution < -0.4 is 5.32 Å². The fraction of sp³-hybridized carbons (Fsp3) is 0.733. The van der Waals surface area contributed by atoms with Crippen LogP contribution in [0, 0.1) is 5.92 Å². The first-order valence-electron chi connectivity index (χ1n) is 7.62. The lowest BCUT2D eigenvalue weighted by molar-refractivity contribution is 0.0645. The van der Waals surface area contributed by atoms with Gasteiger partial charge in [0.05, 0.1) is 11.3 Å². The summed E-state index contributed by atoms with van der Waals surface area (Å²) in [6.45, 7) is 9.04. The average molecular weight is 278 g/mol. The number of rotatable bonds is 4. The van der Waals surface area contributed by atoms with Crippen molar-refractivity contribution < 1.29 is 4.79 Å².